The SMILES string of the molecule is Cc1ccc(NC(=O)COc2cccc(/C=N\NC(=O)C(=O)NCc3ccco3)c2)cc1. The highest BCUT2D eigenvalue weighted by Gasteiger charge is 2.12. The van der Waals surface area contributed by atoms with Crippen molar-refractivity contribution in [3.8, 4) is 5.75 Å². The fraction of sp³-hybridized carbons (Fsp3) is 0.130. The number of ether oxygens (including phenoxy) is 1. The molecule has 32 heavy (non-hydrogen) atoms. The van der Waals surface area contributed by atoms with Gasteiger partial charge in [0, 0.05) is 5.69 Å². The summed E-state index contributed by atoms with van der Waals surface area (Å²) in [6.07, 6.45) is 2.83. The molecule has 9 nitrogen and oxygen atoms in total. The molecule has 0 radical (unpaired) electrons. The van der Waals surface area contributed by atoms with Crippen molar-refractivity contribution in [1.82, 2.24) is 10.7 Å². The number of nitrogens with one attached hydrogen (secondary N) is 3. The third-order valence-corrected chi connectivity index (χ3v) is 4.15. The van der Waals surface area contributed by atoms with E-state index in [4.69, 9.17) is 9.15 Å². The molecule has 0 unspecified atom stereocenters. The van der Waals surface area contributed by atoms with Crippen molar-refractivity contribution >= 4 is 29.6 Å². The van der Waals surface area contributed by atoms with Gasteiger partial charge in [0.25, 0.3) is 5.91 Å². The molecule has 0 saturated heterocycles. The highest BCUT2D eigenvalue weighted by atomic mass is 16.5. The molecule has 1 aromatic heterocycles. The molecule has 0 spiro atoms. The topological polar surface area (TPSA) is 122 Å². The lowest BCUT2D eigenvalue weighted by Gasteiger charge is -2.08. The van der Waals surface area contributed by atoms with Crippen molar-refractivity contribution in [2.75, 3.05) is 11.9 Å². The van der Waals surface area contributed by atoms with Crippen LogP contribution in [0.1, 0.15) is 16.9 Å². The molecular formula is C23H22N4O5. The zero-order chi connectivity index (χ0) is 22.8. The number of hydrogen-bond acceptors (Lipinski definition) is 6. The van der Waals surface area contributed by atoms with Gasteiger partial charge in [-0.1, -0.05) is 29.8 Å². The summed E-state index contributed by atoms with van der Waals surface area (Å²) in [4.78, 5) is 35.5. The molecule has 9 heteroatoms. The molecule has 0 aliphatic carbocycles. The third kappa shape index (κ3) is 7.13. The molecule has 0 aliphatic rings. The molecule has 2 aromatic carbocycles. The van der Waals surface area contributed by atoms with Crippen molar-refractivity contribution < 1.29 is 23.5 Å². The Morgan fingerprint density at radius 2 is 1.84 bits per heavy atom. The lowest BCUT2D eigenvalue weighted by Crippen LogP contribution is -2.37. The number of nitrogens with zero attached hydrogens (tertiary/aromatic N) is 1. The number of hydrogen-bond donors (Lipinski definition) is 3. The number of carbonyl (C=O) groups is 3. The standard InChI is InChI=1S/C23H22N4O5/c1-16-7-9-18(10-8-16)26-21(28)15-32-19-5-2-4-17(12-19)13-25-27-23(30)22(29)24-14-20-6-3-11-31-20/h2-13H,14-15H2,1H3,(H,24,29)(H,26,28)(H,27,30)/b25-13-. The van der Waals surface area contributed by atoms with Gasteiger partial charge in [-0.15, -0.1) is 0 Å². The van der Waals surface area contributed by atoms with Crippen LogP contribution in [0, 0.1) is 6.92 Å². The Morgan fingerprint density at radius 3 is 2.59 bits per heavy atom. The molecule has 1 heterocycles. The summed E-state index contributed by atoms with van der Waals surface area (Å²) in [5.74, 6) is -1.06. The number of carbonyl (C=O) groups excluding carboxylic acids is 3. The van der Waals surface area contributed by atoms with E-state index in [1.54, 1.807) is 36.4 Å². The molecule has 3 rings (SSSR count). The summed E-state index contributed by atoms with van der Waals surface area (Å²) < 4.78 is 10.6. The monoisotopic (exact) mass is 434 g/mol. The van der Waals surface area contributed by atoms with Crippen molar-refractivity contribution in [2.24, 2.45) is 5.10 Å². The van der Waals surface area contributed by atoms with Gasteiger partial charge in [0.15, 0.2) is 6.61 Å². The van der Waals surface area contributed by atoms with Crippen LogP contribution in [0.15, 0.2) is 76.4 Å². The van der Waals surface area contributed by atoms with Gasteiger partial charge >= 0.3 is 11.8 Å². The number of aryl methyl sites for hydroxylation is 1. The molecule has 0 fully saturated rings. The zero-order valence-corrected chi connectivity index (χ0v) is 17.3. The summed E-state index contributed by atoms with van der Waals surface area (Å²) in [5, 5.41) is 8.93. The number of anilines is 1. The van der Waals surface area contributed by atoms with E-state index in [2.05, 4.69) is 21.2 Å². The minimum atomic E-state index is -0.909. The Hall–Kier alpha value is -4.40. The van der Waals surface area contributed by atoms with E-state index in [9.17, 15) is 14.4 Å². The van der Waals surface area contributed by atoms with E-state index >= 15 is 0 Å². The van der Waals surface area contributed by atoms with Crippen LogP contribution in [0.5, 0.6) is 5.75 Å². The minimum Gasteiger partial charge on any atom is -0.484 e. The van der Waals surface area contributed by atoms with E-state index in [-0.39, 0.29) is 19.1 Å². The van der Waals surface area contributed by atoms with Crippen LogP contribution < -0.4 is 20.8 Å². The average molecular weight is 434 g/mol. The molecule has 3 aromatic rings. The number of amides is 3. The van der Waals surface area contributed by atoms with Crippen molar-refractivity contribution in [3.63, 3.8) is 0 Å². The van der Waals surface area contributed by atoms with Gasteiger partial charge in [0.2, 0.25) is 0 Å². The van der Waals surface area contributed by atoms with Gasteiger partial charge in [-0.05, 0) is 48.9 Å². The van der Waals surface area contributed by atoms with Crippen LogP contribution >= 0.6 is 0 Å². The van der Waals surface area contributed by atoms with Gasteiger partial charge in [-0.3, -0.25) is 14.4 Å². The van der Waals surface area contributed by atoms with Crippen molar-refractivity contribution in [1.29, 1.82) is 0 Å². The van der Waals surface area contributed by atoms with Crippen LogP contribution in [-0.4, -0.2) is 30.5 Å². The predicted molar refractivity (Wildman–Crippen MR) is 118 cm³/mol. The quantitative estimate of drug-likeness (QED) is 0.285. The first-order valence-electron chi connectivity index (χ1n) is 9.72. The van der Waals surface area contributed by atoms with E-state index in [1.165, 1.54) is 12.5 Å². The Balaban J connectivity index is 1.43. The maximum atomic E-state index is 12.0. The van der Waals surface area contributed by atoms with Gasteiger partial charge < -0.3 is 19.8 Å². The lowest BCUT2D eigenvalue weighted by molar-refractivity contribution is -0.139. The van der Waals surface area contributed by atoms with Gasteiger partial charge in [-0.25, -0.2) is 5.43 Å². The highest BCUT2D eigenvalue weighted by molar-refractivity contribution is 6.35. The number of hydrazone groups is 1. The minimum absolute atomic E-state index is 0.0971. The molecule has 164 valence electrons. The zero-order valence-electron chi connectivity index (χ0n) is 17.3. The van der Waals surface area contributed by atoms with Crippen molar-refractivity contribution in [3.05, 3.63) is 83.8 Å². The van der Waals surface area contributed by atoms with Crippen LogP contribution in [0.2, 0.25) is 0 Å². The average Bonchev–Trinajstić information content (AvgIpc) is 3.31. The molecule has 3 N–H and O–H groups in total. The molecule has 0 atom stereocenters. The lowest BCUT2D eigenvalue weighted by atomic mass is 10.2. The summed E-state index contributed by atoms with van der Waals surface area (Å²) in [7, 11) is 0. The highest BCUT2D eigenvalue weighted by Crippen LogP contribution is 2.13. The maximum absolute atomic E-state index is 12.0. The summed E-state index contributed by atoms with van der Waals surface area (Å²) in [6, 6.07) is 17.6. The fourth-order valence-corrected chi connectivity index (χ4v) is 2.54. The van der Waals surface area contributed by atoms with E-state index < -0.39 is 11.8 Å². The number of benzene rings is 2. The predicted octanol–water partition coefficient (Wildman–Crippen LogP) is 2.37. The fourth-order valence-electron chi connectivity index (χ4n) is 2.54. The van der Waals surface area contributed by atoms with Gasteiger partial charge in [0.05, 0.1) is 19.0 Å². The normalized spacial score (nSPS) is 10.5. The largest absolute Gasteiger partial charge is 0.484 e. The molecule has 3 amide bonds. The van der Waals surface area contributed by atoms with Crippen molar-refractivity contribution in [2.45, 2.75) is 13.5 Å². The summed E-state index contributed by atoms with van der Waals surface area (Å²) in [5.41, 5.74) is 4.54. The number of rotatable bonds is 8. The smallest absolute Gasteiger partial charge is 0.329 e. The van der Waals surface area contributed by atoms with Crippen LogP contribution in [0.25, 0.3) is 0 Å². The first-order valence-corrected chi connectivity index (χ1v) is 9.72. The first-order chi connectivity index (χ1) is 15.5. The van der Waals surface area contributed by atoms with Gasteiger partial charge in [0.1, 0.15) is 11.5 Å². The third-order valence-electron chi connectivity index (χ3n) is 4.15. The summed E-state index contributed by atoms with van der Waals surface area (Å²) in [6.45, 7) is 1.90. The second-order valence-electron chi connectivity index (χ2n) is 6.74. The van der Waals surface area contributed by atoms with Gasteiger partial charge in [-0.2, -0.15) is 5.10 Å². The summed E-state index contributed by atoms with van der Waals surface area (Å²) >= 11 is 0. The van der Waals surface area contributed by atoms with E-state index in [0.717, 1.165) is 5.56 Å². The molecule has 0 saturated carbocycles. The van der Waals surface area contributed by atoms with Crippen LogP contribution in [0.3, 0.4) is 0 Å². The number of furan rings is 1. The first kappa shape index (κ1) is 22.3. The maximum Gasteiger partial charge on any atom is 0.329 e. The Bertz CT molecular complexity index is 1090. The van der Waals surface area contributed by atoms with E-state index in [0.29, 0.717) is 22.8 Å². The van der Waals surface area contributed by atoms with E-state index in [1.807, 2.05) is 31.2 Å². The Kier molecular flexibility index (Phi) is 7.74. The second kappa shape index (κ2) is 11.1. The van der Waals surface area contributed by atoms with Crippen LogP contribution in [-0.2, 0) is 20.9 Å². The van der Waals surface area contributed by atoms with Crippen LogP contribution in [0.4, 0.5) is 5.69 Å². The Labute approximate surface area is 184 Å². The molecule has 0 aliphatic heterocycles. The Morgan fingerprint density at radius 1 is 1.03 bits per heavy atom. The molecule has 0 bridgehead atoms. The second-order valence-corrected chi connectivity index (χ2v) is 6.74. The molecular weight excluding hydrogens is 412 g/mol.